The fourth-order valence-corrected chi connectivity index (χ4v) is 4.93. The minimum Gasteiger partial charge on any atom is -0.342 e. The van der Waals surface area contributed by atoms with Gasteiger partial charge in [0.15, 0.2) is 10.8 Å². The molecule has 4 rings (SSSR count). The molecule has 3 aromatic rings. The number of aromatic nitrogens is 3. The zero-order valence-electron chi connectivity index (χ0n) is 16.5. The predicted molar refractivity (Wildman–Crippen MR) is 110 cm³/mol. The standard InChI is InChI=1S/C21H26N4OS/c1-13-6-5-7-24(11-13)19(26)12-27-21-23-22-20-16(4)10-17-15(3)8-14(2)9-18(17)25(20)21/h8-10,13H,5-7,11-12H2,1-4H3. The van der Waals surface area contributed by atoms with Crippen molar-refractivity contribution in [3.8, 4) is 0 Å². The van der Waals surface area contributed by atoms with E-state index in [4.69, 9.17) is 0 Å². The van der Waals surface area contributed by atoms with Gasteiger partial charge in [-0.05, 0) is 68.4 Å². The molecule has 0 saturated carbocycles. The van der Waals surface area contributed by atoms with Crippen LogP contribution in [-0.4, -0.2) is 44.2 Å². The van der Waals surface area contributed by atoms with Crippen molar-refractivity contribution >= 4 is 34.2 Å². The summed E-state index contributed by atoms with van der Waals surface area (Å²) >= 11 is 1.49. The Morgan fingerprint density at radius 1 is 1.19 bits per heavy atom. The smallest absolute Gasteiger partial charge is 0.233 e. The first-order valence-corrected chi connectivity index (χ1v) is 10.6. The van der Waals surface area contributed by atoms with Crippen LogP contribution in [0.4, 0.5) is 0 Å². The molecule has 3 heterocycles. The van der Waals surface area contributed by atoms with Gasteiger partial charge in [0.05, 0.1) is 11.3 Å². The number of benzene rings is 1. The number of carbonyl (C=O) groups excluding carboxylic acids is 1. The van der Waals surface area contributed by atoms with Gasteiger partial charge in [0, 0.05) is 18.5 Å². The number of piperidine rings is 1. The lowest BCUT2D eigenvalue weighted by Crippen LogP contribution is -2.40. The molecule has 0 aliphatic carbocycles. The highest BCUT2D eigenvalue weighted by Gasteiger charge is 2.22. The average Bonchev–Trinajstić information content (AvgIpc) is 3.06. The van der Waals surface area contributed by atoms with E-state index in [2.05, 4.69) is 60.5 Å². The van der Waals surface area contributed by atoms with Crippen molar-refractivity contribution < 1.29 is 4.79 Å². The molecule has 1 fully saturated rings. The lowest BCUT2D eigenvalue weighted by molar-refractivity contribution is -0.130. The first-order valence-electron chi connectivity index (χ1n) is 9.60. The first-order chi connectivity index (χ1) is 12.9. The summed E-state index contributed by atoms with van der Waals surface area (Å²) in [5, 5.41) is 10.8. The molecule has 1 aliphatic rings. The van der Waals surface area contributed by atoms with E-state index < -0.39 is 0 Å². The van der Waals surface area contributed by atoms with Gasteiger partial charge >= 0.3 is 0 Å². The Morgan fingerprint density at radius 2 is 2.00 bits per heavy atom. The number of fused-ring (bicyclic) bond motifs is 3. The number of amides is 1. The minimum absolute atomic E-state index is 0.201. The topological polar surface area (TPSA) is 50.5 Å². The average molecular weight is 383 g/mol. The third-order valence-electron chi connectivity index (χ3n) is 5.43. The largest absolute Gasteiger partial charge is 0.342 e. The van der Waals surface area contributed by atoms with Gasteiger partial charge in [-0.3, -0.25) is 9.20 Å². The Kier molecular flexibility index (Phi) is 4.84. The van der Waals surface area contributed by atoms with Gasteiger partial charge in [0.25, 0.3) is 0 Å². The highest BCUT2D eigenvalue weighted by molar-refractivity contribution is 7.99. The van der Waals surface area contributed by atoms with Crippen LogP contribution >= 0.6 is 11.8 Å². The molecule has 6 heteroatoms. The maximum Gasteiger partial charge on any atom is 0.233 e. The molecular weight excluding hydrogens is 356 g/mol. The summed E-state index contributed by atoms with van der Waals surface area (Å²) < 4.78 is 2.11. The molecule has 27 heavy (non-hydrogen) atoms. The van der Waals surface area contributed by atoms with Gasteiger partial charge in [-0.15, -0.1) is 10.2 Å². The molecule has 5 nitrogen and oxygen atoms in total. The van der Waals surface area contributed by atoms with Gasteiger partial charge < -0.3 is 4.90 Å². The van der Waals surface area contributed by atoms with Crippen LogP contribution in [0, 0.1) is 26.7 Å². The van der Waals surface area contributed by atoms with Crippen LogP contribution in [0.2, 0.25) is 0 Å². The van der Waals surface area contributed by atoms with E-state index in [1.54, 1.807) is 0 Å². The summed E-state index contributed by atoms with van der Waals surface area (Å²) in [6.07, 6.45) is 2.32. The van der Waals surface area contributed by atoms with Crippen LogP contribution < -0.4 is 0 Å². The SMILES string of the molecule is Cc1cc(C)c2cc(C)c3nnc(SCC(=O)N4CCCC(C)C4)n3c2c1. The Morgan fingerprint density at radius 3 is 2.78 bits per heavy atom. The van der Waals surface area contributed by atoms with E-state index in [0.29, 0.717) is 11.7 Å². The number of nitrogens with zero attached hydrogens (tertiary/aromatic N) is 4. The highest BCUT2D eigenvalue weighted by atomic mass is 32.2. The molecule has 1 unspecified atom stereocenters. The van der Waals surface area contributed by atoms with Crippen molar-refractivity contribution in [2.45, 2.75) is 45.7 Å². The van der Waals surface area contributed by atoms with Crippen LogP contribution in [-0.2, 0) is 4.79 Å². The van der Waals surface area contributed by atoms with Gasteiger partial charge in [-0.25, -0.2) is 0 Å². The van der Waals surface area contributed by atoms with E-state index in [1.165, 1.54) is 34.7 Å². The molecule has 1 saturated heterocycles. The van der Waals surface area contributed by atoms with E-state index in [1.807, 2.05) is 4.90 Å². The summed E-state index contributed by atoms with van der Waals surface area (Å²) in [7, 11) is 0. The summed E-state index contributed by atoms with van der Waals surface area (Å²) in [5.74, 6) is 1.21. The second-order valence-corrected chi connectivity index (χ2v) is 8.80. The lowest BCUT2D eigenvalue weighted by Gasteiger charge is -2.30. The maximum atomic E-state index is 12.7. The third-order valence-corrected chi connectivity index (χ3v) is 6.35. The number of pyridine rings is 1. The number of hydrogen-bond donors (Lipinski definition) is 0. The second-order valence-electron chi connectivity index (χ2n) is 7.86. The Hall–Kier alpha value is -2.08. The molecule has 0 bridgehead atoms. The molecule has 2 aromatic heterocycles. The van der Waals surface area contributed by atoms with Crippen LogP contribution in [0.25, 0.3) is 16.6 Å². The van der Waals surface area contributed by atoms with Crippen LogP contribution in [0.3, 0.4) is 0 Å². The molecule has 1 amide bonds. The Labute approximate surface area is 164 Å². The number of aryl methyl sites for hydroxylation is 3. The summed E-state index contributed by atoms with van der Waals surface area (Å²) in [6, 6.07) is 6.56. The first kappa shape index (κ1) is 18.3. The molecule has 1 aliphatic heterocycles. The van der Waals surface area contributed by atoms with Gasteiger partial charge in [-0.1, -0.05) is 24.8 Å². The Bertz CT molecular complexity index is 1030. The van der Waals surface area contributed by atoms with Crippen molar-refractivity contribution in [3.05, 3.63) is 34.9 Å². The number of thioether (sulfide) groups is 1. The number of carbonyl (C=O) groups is 1. The lowest BCUT2D eigenvalue weighted by atomic mass is 10.0. The summed E-state index contributed by atoms with van der Waals surface area (Å²) in [5.41, 5.74) is 5.55. The van der Waals surface area contributed by atoms with E-state index in [9.17, 15) is 4.79 Å². The Balaban J connectivity index is 1.67. The van der Waals surface area contributed by atoms with Crippen LogP contribution in [0.15, 0.2) is 23.4 Å². The molecule has 0 radical (unpaired) electrons. The normalized spacial score (nSPS) is 17.8. The predicted octanol–water partition coefficient (Wildman–Crippen LogP) is 4.16. The minimum atomic E-state index is 0.201. The van der Waals surface area contributed by atoms with Crippen molar-refractivity contribution in [3.63, 3.8) is 0 Å². The molecule has 142 valence electrons. The van der Waals surface area contributed by atoms with E-state index in [-0.39, 0.29) is 5.91 Å². The van der Waals surface area contributed by atoms with Crippen molar-refractivity contribution in [1.82, 2.24) is 19.5 Å². The van der Waals surface area contributed by atoms with Crippen molar-refractivity contribution in [2.24, 2.45) is 5.92 Å². The van der Waals surface area contributed by atoms with E-state index >= 15 is 0 Å². The van der Waals surface area contributed by atoms with E-state index in [0.717, 1.165) is 41.4 Å². The number of rotatable bonds is 3. The molecule has 0 N–H and O–H groups in total. The number of hydrogen-bond acceptors (Lipinski definition) is 4. The zero-order chi connectivity index (χ0) is 19.1. The summed E-state index contributed by atoms with van der Waals surface area (Å²) in [6.45, 7) is 10.3. The number of likely N-dealkylation sites (tertiary alicyclic amines) is 1. The fraction of sp³-hybridized carbons (Fsp3) is 0.476. The summed E-state index contributed by atoms with van der Waals surface area (Å²) in [4.78, 5) is 14.7. The third kappa shape index (κ3) is 3.43. The van der Waals surface area contributed by atoms with Gasteiger partial charge in [-0.2, -0.15) is 0 Å². The van der Waals surface area contributed by atoms with Crippen molar-refractivity contribution in [2.75, 3.05) is 18.8 Å². The molecule has 1 aromatic carbocycles. The molecule has 1 atom stereocenters. The fourth-order valence-electron chi connectivity index (χ4n) is 4.08. The van der Waals surface area contributed by atoms with Crippen LogP contribution in [0.5, 0.6) is 0 Å². The molecular formula is C21H26N4OS. The zero-order valence-corrected chi connectivity index (χ0v) is 17.3. The monoisotopic (exact) mass is 382 g/mol. The van der Waals surface area contributed by atoms with Crippen LogP contribution in [0.1, 0.15) is 36.5 Å². The quantitative estimate of drug-likeness (QED) is 0.638. The maximum absolute atomic E-state index is 12.7. The van der Waals surface area contributed by atoms with Gasteiger partial charge in [0.2, 0.25) is 5.91 Å². The van der Waals surface area contributed by atoms with Crippen molar-refractivity contribution in [1.29, 1.82) is 0 Å². The highest BCUT2D eigenvalue weighted by Crippen LogP contribution is 2.28. The second kappa shape index (κ2) is 7.15. The van der Waals surface area contributed by atoms with Gasteiger partial charge in [0.1, 0.15) is 0 Å². The molecule has 0 spiro atoms.